The Balaban J connectivity index is 3.17. The van der Waals surface area contributed by atoms with E-state index in [1.807, 2.05) is 0 Å². The third-order valence-corrected chi connectivity index (χ3v) is 1.37. The fourth-order valence-electron chi connectivity index (χ4n) is 0.253. The van der Waals surface area contributed by atoms with E-state index in [0.717, 1.165) is 0 Å². The van der Waals surface area contributed by atoms with Crippen LogP contribution in [-0.2, 0) is 0 Å². The van der Waals surface area contributed by atoms with Crippen LogP contribution in [0.4, 0.5) is 0 Å². The third kappa shape index (κ3) is 3.55. The standard InChI is InChI=1S/C3H7BCl2O2/c5-2-1-3(6)4(7)8/h3,7-8H,1-2H2. The van der Waals surface area contributed by atoms with Gasteiger partial charge in [0.1, 0.15) is 0 Å². The summed E-state index contributed by atoms with van der Waals surface area (Å²) in [5.74, 6) is 0.353. The molecule has 0 saturated heterocycles. The predicted molar refractivity (Wildman–Crippen MR) is 35.2 cm³/mol. The van der Waals surface area contributed by atoms with E-state index in [0.29, 0.717) is 12.3 Å². The minimum absolute atomic E-state index is 0.353. The van der Waals surface area contributed by atoms with Gasteiger partial charge in [0.15, 0.2) is 0 Å². The SMILES string of the molecule is OB(O)C(Cl)CCCl. The molecule has 1 unspecified atom stereocenters. The summed E-state index contributed by atoms with van der Waals surface area (Å²) in [6.07, 6.45) is 0.417. The van der Waals surface area contributed by atoms with Gasteiger partial charge in [0.05, 0.1) is 5.28 Å². The molecule has 48 valence electrons. The number of halogens is 2. The number of alkyl halides is 2. The maximum absolute atomic E-state index is 8.32. The minimum atomic E-state index is -1.45. The Morgan fingerprint density at radius 1 is 1.50 bits per heavy atom. The first-order valence-electron chi connectivity index (χ1n) is 2.24. The Bertz CT molecular complexity index is 61.2. The lowest BCUT2D eigenvalue weighted by atomic mass is 9.84. The van der Waals surface area contributed by atoms with Gasteiger partial charge in [0, 0.05) is 5.88 Å². The zero-order chi connectivity index (χ0) is 6.57. The second kappa shape index (κ2) is 4.44. The monoisotopic (exact) mass is 156 g/mol. The van der Waals surface area contributed by atoms with E-state index in [1.165, 1.54) is 0 Å². The van der Waals surface area contributed by atoms with Crippen molar-refractivity contribution in [3.05, 3.63) is 0 Å². The molecular formula is C3H7BCl2O2. The molecule has 0 aromatic heterocycles. The van der Waals surface area contributed by atoms with E-state index in [2.05, 4.69) is 0 Å². The molecule has 0 aliphatic carbocycles. The summed E-state index contributed by atoms with van der Waals surface area (Å²) >= 11 is 10.6. The Morgan fingerprint density at radius 3 is 2.12 bits per heavy atom. The Morgan fingerprint density at radius 2 is 2.00 bits per heavy atom. The van der Waals surface area contributed by atoms with E-state index < -0.39 is 12.4 Å². The average Bonchev–Trinajstić information content (AvgIpc) is 1.67. The highest BCUT2D eigenvalue weighted by Gasteiger charge is 2.18. The molecule has 1 atom stereocenters. The summed E-state index contributed by atoms with van der Waals surface area (Å²) in [6, 6.07) is 0. The fraction of sp³-hybridized carbons (Fsp3) is 1.00. The van der Waals surface area contributed by atoms with E-state index in [-0.39, 0.29) is 0 Å². The van der Waals surface area contributed by atoms with Crippen molar-refractivity contribution in [3.8, 4) is 0 Å². The molecule has 2 N–H and O–H groups in total. The van der Waals surface area contributed by atoms with Crippen LogP contribution in [0.1, 0.15) is 6.42 Å². The molecule has 0 amide bonds. The van der Waals surface area contributed by atoms with Gasteiger partial charge in [-0.25, -0.2) is 0 Å². The van der Waals surface area contributed by atoms with Crippen molar-refractivity contribution in [2.75, 3.05) is 5.88 Å². The van der Waals surface area contributed by atoms with Gasteiger partial charge in [0.2, 0.25) is 0 Å². The average molecular weight is 157 g/mol. The van der Waals surface area contributed by atoms with Crippen LogP contribution in [0.15, 0.2) is 0 Å². The van der Waals surface area contributed by atoms with Gasteiger partial charge in [-0.2, -0.15) is 0 Å². The summed E-state index contributed by atoms with van der Waals surface area (Å²) < 4.78 is 0. The van der Waals surface area contributed by atoms with E-state index in [4.69, 9.17) is 33.2 Å². The van der Waals surface area contributed by atoms with Crippen LogP contribution in [0.2, 0.25) is 0 Å². The van der Waals surface area contributed by atoms with Crippen LogP contribution in [0.25, 0.3) is 0 Å². The quantitative estimate of drug-likeness (QED) is 0.454. The minimum Gasteiger partial charge on any atom is -0.426 e. The number of rotatable bonds is 3. The molecular weight excluding hydrogens is 150 g/mol. The van der Waals surface area contributed by atoms with Crippen molar-refractivity contribution in [3.63, 3.8) is 0 Å². The Kier molecular flexibility index (Phi) is 4.76. The third-order valence-electron chi connectivity index (χ3n) is 0.708. The van der Waals surface area contributed by atoms with Crippen molar-refractivity contribution in [2.45, 2.75) is 11.7 Å². The number of hydrogen-bond acceptors (Lipinski definition) is 2. The molecule has 0 saturated carbocycles. The van der Waals surface area contributed by atoms with Crippen molar-refractivity contribution < 1.29 is 10.0 Å². The van der Waals surface area contributed by atoms with Crippen LogP contribution in [0.5, 0.6) is 0 Å². The smallest absolute Gasteiger partial charge is 0.426 e. The van der Waals surface area contributed by atoms with Gasteiger partial charge in [-0.3, -0.25) is 0 Å². The molecule has 2 nitrogen and oxygen atoms in total. The molecule has 8 heavy (non-hydrogen) atoms. The Hall–Kier alpha value is 0.565. The Labute approximate surface area is 58.6 Å². The van der Waals surface area contributed by atoms with Crippen LogP contribution >= 0.6 is 23.2 Å². The van der Waals surface area contributed by atoms with Crippen molar-refractivity contribution >= 4 is 30.3 Å². The van der Waals surface area contributed by atoms with Gasteiger partial charge < -0.3 is 10.0 Å². The molecule has 0 aromatic carbocycles. The van der Waals surface area contributed by atoms with Crippen LogP contribution in [-0.4, -0.2) is 28.3 Å². The molecule has 0 fully saturated rings. The second-order valence-corrected chi connectivity index (χ2v) is 2.35. The maximum Gasteiger partial charge on any atom is 0.470 e. The summed E-state index contributed by atoms with van der Waals surface area (Å²) in [7, 11) is -1.45. The molecule has 0 aliphatic rings. The molecule has 0 heterocycles. The molecule has 0 aromatic rings. The van der Waals surface area contributed by atoms with Gasteiger partial charge in [-0.1, -0.05) is 0 Å². The molecule has 0 bridgehead atoms. The highest BCUT2D eigenvalue weighted by molar-refractivity contribution is 6.57. The molecule has 0 rings (SSSR count). The van der Waals surface area contributed by atoms with Gasteiger partial charge in [-0.05, 0) is 6.42 Å². The lowest BCUT2D eigenvalue weighted by Gasteiger charge is -2.02. The zero-order valence-electron chi connectivity index (χ0n) is 4.22. The molecule has 0 aliphatic heterocycles. The number of hydrogen-bond donors (Lipinski definition) is 2. The largest absolute Gasteiger partial charge is 0.470 e. The summed E-state index contributed by atoms with van der Waals surface area (Å²) in [5, 5.41) is 16.0. The van der Waals surface area contributed by atoms with Crippen molar-refractivity contribution in [1.29, 1.82) is 0 Å². The van der Waals surface area contributed by atoms with Crippen LogP contribution in [0, 0.1) is 0 Å². The summed E-state index contributed by atoms with van der Waals surface area (Å²) in [4.78, 5) is 0. The van der Waals surface area contributed by atoms with Gasteiger partial charge >= 0.3 is 7.12 Å². The second-order valence-electron chi connectivity index (χ2n) is 1.41. The fourth-order valence-corrected chi connectivity index (χ4v) is 0.709. The van der Waals surface area contributed by atoms with E-state index in [1.54, 1.807) is 0 Å². The molecule has 5 heteroatoms. The highest BCUT2D eigenvalue weighted by atomic mass is 35.5. The summed E-state index contributed by atoms with van der Waals surface area (Å²) in [6.45, 7) is 0. The van der Waals surface area contributed by atoms with Crippen molar-refractivity contribution in [2.24, 2.45) is 0 Å². The van der Waals surface area contributed by atoms with Crippen molar-refractivity contribution in [1.82, 2.24) is 0 Å². The van der Waals surface area contributed by atoms with Crippen LogP contribution in [0.3, 0.4) is 0 Å². The van der Waals surface area contributed by atoms with Gasteiger partial charge in [-0.15, -0.1) is 23.2 Å². The van der Waals surface area contributed by atoms with Gasteiger partial charge in [0.25, 0.3) is 0 Å². The lowest BCUT2D eigenvalue weighted by Crippen LogP contribution is -2.26. The van der Waals surface area contributed by atoms with E-state index in [9.17, 15) is 0 Å². The zero-order valence-corrected chi connectivity index (χ0v) is 5.73. The first-order valence-corrected chi connectivity index (χ1v) is 3.21. The first-order chi connectivity index (χ1) is 3.68. The topological polar surface area (TPSA) is 40.5 Å². The maximum atomic E-state index is 8.32. The molecule has 0 spiro atoms. The normalized spacial score (nSPS) is 13.5. The first kappa shape index (κ1) is 8.56. The van der Waals surface area contributed by atoms with Crippen LogP contribution < -0.4 is 0 Å². The van der Waals surface area contributed by atoms with E-state index >= 15 is 0 Å². The highest BCUT2D eigenvalue weighted by Crippen LogP contribution is 2.03. The molecule has 0 radical (unpaired) electrons. The lowest BCUT2D eigenvalue weighted by molar-refractivity contribution is 0.400. The predicted octanol–water partition coefficient (Wildman–Crippen LogP) is 0.235. The summed E-state index contributed by atoms with van der Waals surface area (Å²) in [5.41, 5.74) is 0.